The molecule has 0 aromatic heterocycles. The van der Waals surface area contributed by atoms with Crippen LogP contribution in [0, 0.1) is 0 Å². The minimum absolute atomic E-state index is 0.621. The van der Waals surface area contributed by atoms with Crippen LogP contribution in [-0.2, 0) is 4.74 Å². The minimum atomic E-state index is 0.621. The van der Waals surface area contributed by atoms with E-state index in [0.717, 1.165) is 0 Å². The fraction of sp³-hybridized carbons (Fsp3) is 0.800. The van der Waals surface area contributed by atoms with Crippen LogP contribution in [-0.4, -0.2) is 24.6 Å². The molecule has 0 aromatic carbocycles. The van der Waals surface area contributed by atoms with Crippen LogP contribution in [0.4, 0.5) is 0 Å². The van der Waals surface area contributed by atoms with E-state index in [1.54, 1.807) is 14.0 Å². The van der Waals surface area contributed by atoms with Gasteiger partial charge in [-0.25, -0.2) is 0 Å². The van der Waals surface area contributed by atoms with Gasteiger partial charge >= 0.3 is 0 Å². The van der Waals surface area contributed by atoms with E-state index < -0.39 is 0 Å². The van der Waals surface area contributed by atoms with Crippen molar-refractivity contribution in [3.05, 3.63) is 0 Å². The summed E-state index contributed by atoms with van der Waals surface area (Å²) in [5.74, 6) is 0. The number of oxime groups is 1. The predicted octanol–water partition coefficient (Wildman–Crippen LogP) is 0.873. The fourth-order valence-corrected chi connectivity index (χ4v) is 0.300. The highest BCUT2D eigenvalue weighted by Gasteiger charge is 1.87. The molecule has 0 atom stereocenters. The molecule has 0 rings (SSSR count). The van der Waals surface area contributed by atoms with Crippen LogP contribution in [0.5, 0.6) is 0 Å². The second-order valence-corrected chi connectivity index (χ2v) is 1.58. The second-order valence-electron chi connectivity index (χ2n) is 1.58. The van der Waals surface area contributed by atoms with Crippen molar-refractivity contribution in [2.45, 2.75) is 13.3 Å². The highest BCUT2D eigenvalue weighted by Crippen LogP contribution is 1.83. The summed E-state index contributed by atoms with van der Waals surface area (Å²) in [7, 11) is 1.62. The Balaban J connectivity index is 3.12. The van der Waals surface area contributed by atoms with Crippen molar-refractivity contribution in [3.8, 4) is 0 Å². The van der Waals surface area contributed by atoms with E-state index in [0.29, 0.717) is 18.7 Å². The van der Waals surface area contributed by atoms with Crippen LogP contribution in [0.15, 0.2) is 5.16 Å². The zero-order valence-corrected chi connectivity index (χ0v) is 5.22. The van der Waals surface area contributed by atoms with Gasteiger partial charge in [0.05, 0.1) is 12.3 Å². The lowest BCUT2D eigenvalue weighted by molar-refractivity contribution is 0.206. The quantitative estimate of drug-likeness (QED) is 0.338. The lowest BCUT2D eigenvalue weighted by Crippen LogP contribution is -1.97. The lowest BCUT2D eigenvalue weighted by Gasteiger charge is -1.93. The fourth-order valence-electron chi connectivity index (χ4n) is 0.300. The van der Waals surface area contributed by atoms with Crippen LogP contribution < -0.4 is 0 Å². The van der Waals surface area contributed by atoms with Crippen molar-refractivity contribution in [1.29, 1.82) is 0 Å². The van der Waals surface area contributed by atoms with Crippen LogP contribution in [0.25, 0.3) is 0 Å². The van der Waals surface area contributed by atoms with E-state index in [-0.39, 0.29) is 0 Å². The van der Waals surface area contributed by atoms with E-state index in [4.69, 9.17) is 9.94 Å². The van der Waals surface area contributed by atoms with E-state index in [1.165, 1.54) is 0 Å². The van der Waals surface area contributed by atoms with Gasteiger partial charge in [-0.3, -0.25) is 0 Å². The third-order valence-corrected chi connectivity index (χ3v) is 0.839. The first-order valence-corrected chi connectivity index (χ1v) is 2.47. The molecule has 48 valence electrons. The number of ether oxygens (including phenoxy) is 1. The van der Waals surface area contributed by atoms with Crippen molar-refractivity contribution in [3.63, 3.8) is 0 Å². The van der Waals surface area contributed by atoms with Gasteiger partial charge in [0.25, 0.3) is 0 Å². The highest BCUT2D eigenvalue weighted by atomic mass is 16.5. The van der Waals surface area contributed by atoms with Gasteiger partial charge in [-0.1, -0.05) is 5.16 Å². The summed E-state index contributed by atoms with van der Waals surface area (Å²) in [6.45, 7) is 2.37. The molecule has 0 aliphatic carbocycles. The van der Waals surface area contributed by atoms with E-state index in [1.807, 2.05) is 0 Å². The van der Waals surface area contributed by atoms with E-state index in [9.17, 15) is 0 Å². The Hall–Kier alpha value is -0.570. The third-order valence-electron chi connectivity index (χ3n) is 0.839. The first-order chi connectivity index (χ1) is 3.81. The first kappa shape index (κ1) is 7.43. The maximum Gasteiger partial charge on any atom is 0.0562 e. The first-order valence-electron chi connectivity index (χ1n) is 2.47. The minimum Gasteiger partial charge on any atom is -0.411 e. The topological polar surface area (TPSA) is 41.8 Å². The molecule has 1 N–H and O–H groups in total. The Morgan fingerprint density at radius 3 is 2.75 bits per heavy atom. The lowest BCUT2D eigenvalue weighted by atomic mass is 10.3. The molecule has 0 unspecified atom stereocenters. The summed E-state index contributed by atoms with van der Waals surface area (Å²) in [4.78, 5) is 0. The molecule has 0 aliphatic heterocycles. The summed E-state index contributed by atoms with van der Waals surface area (Å²) >= 11 is 0. The molecule has 0 saturated heterocycles. The molecule has 0 amide bonds. The standard InChI is InChI=1S/C5H11NO2/c1-5(6-7)3-4-8-2/h7H,3-4H2,1-2H3. The molecule has 0 spiro atoms. The SMILES string of the molecule is COCCC(C)=NO. The van der Waals surface area contributed by atoms with Crippen LogP contribution in [0.1, 0.15) is 13.3 Å². The second kappa shape index (κ2) is 4.59. The molecule has 0 fully saturated rings. The summed E-state index contributed by atoms with van der Waals surface area (Å²) in [5.41, 5.74) is 0.701. The van der Waals surface area contributed by atoms with Crippen LogP contribution in [0.3, 0.4) is 0 Å². The van der Waals surface area contributed by atoms with Gasteiger partial charge in [0.1, 0.15) is 0 Å². The molecule has 0 saturated carbocycles. The molecule has 0 bridgehead atoms. The Bertz CT molecular complexity index is 80.5. The van der Waals surface area contributed by atoms with Crippen molar-refractivity contribution in [2.24, 2.45) is 5.16 Å². The van der Waals surface area contributed by atoms with Crippen molar-refractivity contribution in [1.82, 2.24) is 0 Å². The van der Waals surface area contributed by atoms with Gasteiger partial charge in [-0.05, 0) is 6.92 Å². The monoisotopic (exact) mass is 117 g/mol. The maximum atomic E-state index is 8.09. The molecule has 0 aliphatic rings. The Labute approximate surface area is 49.0 Å². The largest absolute Gasteiger partial charge is 0.411 e. The van der Waals surface area contributed by atoms with Crippen LogP contribution in [0.2, 0.25) is 0 Å². The Morgan fingerprint density at radius 2 is 2.38 bits per heavy atom. The van der Waals surface area contributed by atoms with Gasteiger partial charge in [0.15, 0.2) is 0 Å². The van der Waals surface area contributed by atoms with Crippen molar-refractivity contribution in [2.75, 3.05) is 13.7 Å². The number of methoxy groups -OCH3 is 1. The number of hydrogen-bond acceptors (Lipinski definition) is 3. The zero-order valence-electron chi connectivity index (χ0n) is 5.22. The summed E-state index contributed by atoms with van der Waals surface area (Å²) < 4.78 is 4.72. The molecule has 0 radical (unpaired) electrons. The summed E-state index contributed by atoms with van der Waals surface area (Å²) in [6.07, 6.45) is 0.701. The predicted molar refractivity (Wildman–Crippen MR) is 31.4 cm³/mol. The highest BCUT2D eigenvalue weighted by molar-refractivity contribution is 5.81. The van der Waals surface area contributed by atoms with Crippen molar-refractivity contribution < 1.29 is 9.94 Å². The number of nitrogens with zero attached hydrogens (tertiary/aromatic N) is 1. The van der Waals surface area contributed by atoms with E-state index in [2.05, 4.69) is 5.16 Å². The molecule has 3 heteroatoms. The maximum absolute atomic E-state index is 8.09. The van der Waals surface area contributed by atoms with Gasteiger partial charge in [0, 0.05) is 13.5 Å². The van der Waals surface area contributed by atoms with Gasteiger partial charge in [-0.15, -0.1) is 0 Å². The van der Waals surface area contributed by atoms with Crippen LogP contribution >= 0.6 is 0 Å². The zero-order chi connectivity index (χ0) is 6.41. The average molecular weight is 117 g/mol. The number of rotatable bonds is 3. The number of hydrogen-bond donors (Lipinski definition) is 1. The van der Waals surface area contributed by atoms with Gasteiger partial charge in [-0.2, -0.15) is 0 Å². The molecule has 8 heavy (non-hydrogen) atoms. The van der Waals surface area contributed by atoms with Gasteiger partial charge in [0.2, 0.25) is 0 Å². The molecule has 0 heterocycles. The Kier molecular flexibility index (Phi) is 4.26. The summed E-state index contributed by atoms with van der Waals surface area (Å²) in [5, 5.41) is 11.1. The average Bonchev–Trinajstić information content (AvgIpc) is 1.83. The van der Waals surface area contributed by atoms with Crippen molar-refractivity contribution >= 4 is 5.71 Å². The molecule has 3 nitrogen and oxygen atoms in total. The normalized spacial score (nSPS) is 12.0. The van der Waals surface area contributed by atoms with Gasteiger partial charge < -0.3 is 9.94 Å². The molecular formula is C5H11NO2. The smallest absolute Gasteiger partial charge is 0.0562 e. The third kappa shape index (κ3) is 3.61. The molecule has 0 aromatic rings. The summed E-state index contributed by atoms with van der Waals surface area (Å²) in [6, 6.07) is 0. The Morgan fingerprint density at radius 1 is 1.75 bits per heavy atom. The van der Waals surface area contributed by atoms with E-state index >= 15 is 0 Å². The molecular weight excluding hydrogens is 106 g/mol.